The van der Waals surface area contributed by atoms with Crippen molar-refractivity contribution in [2.45, 2.75) is 6.61 Å². The predicted molar refractivity (Wildman–Crippen MR) is 83.6 cm³/mol. The third-order valence-corrected chi connectivity index (χ3v) is 2.91. The zero-order valence-corrected chi connectivity index (χ0v) is 12.3. The summed E-state index contributed by atoms with van der Waals surface area (Å²) in [5.74, 6) is 5.50. The third-order valence-electron chi connectivity index (χ3n) is 2.62. The lowest BCUT2D eigenvalue weighted by Crippen LogP contribution is -2.24. The lowest BCUT2D eigenvalue weighted by atomic mass is 10.2. The molecule has 6 heteroatoms. The average molecular weight is 317 g/mol. The molecular weight excluding hydrogens is 304 g/mol. The molecule has 0 aliphatic heterocycles. The van der Waals surface area contributed by atoms with Crippen LogP contribution in [0.25, 0.3) is 0 Å². The molecule has 2 N–H and O–H groups in total. The van der Waals surface area contributed by atoms with Crippen LogP contribution in [0.2, 0.25) is 5.02 Å². The highest BCUT2D eigenvalue weighted by Crippen LogP contribution is 2.02. The minimum atomic E-state index is -0.544. The number of aromatic nitrogens is 1. The number of hydrogen-bond acceptors (Lipinski definition) is 3. The number of halogens is 1. The van der Waals surface area contributed by atoms with Crippen LogP contribution < -0.4 is 10.9 Å². The Labute approximate surface area is 132 Å². The molecule has 0 unspecified atom stereocenters. The number of carbonyl (C=O) groups excluding carboxylic acids is 1. The van der Waals surface area contributed by atoms with Crippen LogP contribution in [0, 0.1) is 11.8 Å². The fourth-order valence-electron chi connectivity index (χ4n) is 1.56. The number of aromatic amines is 1. The molecule has 0 saturated heterocycles. The van der Waals surface area contributed by atoms with Gasteiger partial charge in [0.15, 0.2) is 0 Å². The first-order valence-electron chi connectivity index (χ1n) is 6.47. The largest absolute Gasteiger partial charge is 0.445 e. The zero-order chi connectivity index (χ0) is 15.8. The summed E-state index contributed by atoms with van der Waals surface area (Å²) >= 11 is 5.68. The highest BCUT2D eigenvalue weighted by molar-refractivity contribution is 6.30. The van der Waals surface area contributed by atoms with Gasteiger partial charge in [-0.3, -0.25) is 4.79 Å². The van der Waals surface area contributed by atoms with Gasteiger partial charge < -0.3 is 15.0 Å². The quantitative estimate of drug-likeness (QED) is 0.854. The Morgan fingerprint density at radius 3 is 2.82 bits per heavy atom. The first-order valence-corrected chi connectivity index (χ1v) is 6.84. The number of ether oxygens (including phenoxy) is 1. The number of carbonyl (C=O) groups is 1. The Morgan fingerprint density at radius 2 is 2.09 bits per heavy atom. The third kappa shape index (κ3) is 5.00. The van der Waals surface area contributed by atoms with Gasteiger partial charge in [0.05, 0.1) is 6.54 Å². The molecule has 1 aromatic carbocycles. The maximum atomic E-state index is 11.5. The van der Waals surface area contributed by atoms with Crippen molar-refractivity contribution < 1.29 is 9.53 Å². The molecule has 0 saturated carbocycles. The minimum absolute atomic E-state index is 0.0713. The molecular formula is C16H13ClN2O3. The number of hydrogen-bond donors (Lipinski definition) is 2. The fraction of sp³-hybridized carbons (Fsp3) is 0.125. The van der Waals surface area contributed by atoms with Crippen LogP contribution in [0.5, 0.6) is 0 Å². The van der Waals surface area contributed by atoms with Gasteiger partial charge in [-0.25, -0.2) is 4.79 Å². The molecule has 0 radical (unpaired) electrons. The van der Waals surface area contributed by atoms with E-state index in [2.05, 4.69) is 22.1 Å². The van der Waals surface area contributed by atoms with E-state index in [1.165, 1.54) is 12.3 Å². The van der Waals surface area contributed by atoms with Crippen molar-refractivity contribution in [1.29, 1.82) is 0 Å². The van der Waals surface area contributed by atoms with Gasteiger partial charge in [0, 0.05) is 11.8 Å². The number of pyridine rings is 1. The van der Waals surface area contributed by atoms with Crippen LogP contribution in [-0.2, 0) is 11.3 Å². The van der Waals surface area contributed by atoms with E-state index in [0.29, 0.717) is 5.56 Å². The van der Waals surface area contributed by atoms with E-state index < -0.39 is 6.09 Å². The topological polar surface area (TPSA) is 71.2 Å². The van der Waals surface area contributed by atoms with Gasteiger partial charge in [-0.15, -0.1) is 0 Å². The molecule has 0 aliphatic rings. The zero-order valence-electron chi connectivity index (χ0n) is 11.6. The second-order valence-electron chi connectivity index (χ2n) is 4.28. The van der Waals surface area contributed by atoms with Crippen LogP contribution in [0.3, 0.4) is 0 Å². The Hall–Kier alpha value is -2.71. The smallest absolute Gasteiger partial charge is 0.408 e. The molecule has 2 aromatic rings. The highest BCUT2D eigenvalue weighted by atomic mass is 35.5. The van der Waals surface area contributed by atoms with E-state index >= 15 is 0 Å². The summed E-state index contributed by atoms with van der Waals surface area (Å²) in [7, 11) is 0. The predicted octanol–water partition coefficient (Wildman–Crippen LogP) is 2.31. The monoisotopic (exact) mass is 316 g/mol. The van der Waals surface area contributed by atoms with Crippen molar-refractivity contribution in [3.05, 3.63) is 69.1 Å². The molecule has 0 fully saturated rings. The van der Waals surface area contributed by atoms with Gasteiger partial charge in [0.2, 0.25) is 0 Å². The van der Waals surface area contributed by atoms with Crippen molar-refractivity contribution in [3.63, 3.8) is 0 Å². The Kier molecular flexibility index (Phi) is 5.64. The summed E-state index contributed by atoms with van der Waals surface area (Å²) in [5, 5.41) is 2.58. The second kappa shape index (κ2) is 7.91. The number of nitrogens with one attached hydrogen (secondary N) is 2. The van der Waals surface area contributed by atoms with Gasteiger partial charge in [-0.1, -0.05) is 53.8 Å². The minimum Gasteiger partial charge on any atom is -0.445 e. The first kappa shape index (κ1) is 15.7. The van der Waals surface area contributed by atoms with Crippen LogP contribution in [0.15, 0.2) is 47.4 Å². The average Bonchev–Trinajstić information content (AvgIpc) is 2.54. The maximum Gasteiger partial charge on any atom is 0.408 e. The lowest BCUT2D eigenvalue weighted by Gasteiger charge is -2.04. The summed E-state index contributed by atoms with van der Waals surface area (Å²) in [6, 6.07) is 10.8. The van der Waals surface area contributed by atoms with Gasteiger partial charge in [0.1, 0.15) is 11.6 Å². The number of benzene rings is 1. The summed E-state index contributed by atoms with van der Waals surface area (Å²) in [6.45, 7) is 0.333. The van der Waals surface area contributed by atoms with Crippen molar-refractivity contribution in [2.75, 3.05) is 6.54 Å². The number of H-pyrrole nitrogens is 1. The molecule has 1 heterocycles. The summed E-state index contributed by atoms with van der Waals surface area (Å²) < 4.78 is 5.03. The normalized spacial score (nSPS) is 9.50. The molecule has 112 valence electrons. The number of rotatable bonds is 3. The van der Waals surface area contributed by atoms with Crippen LogP contribution >= 0.6 is 11.6 Å². The SMILES string of the molecule is O=C(NCC#Cc1c[nH]c(=O)c(Cl)c1)OCc1ccccc1. The summed E-state index contributed by atoms with van der Waals surface area (Å²) in [5.41, 5.74) is 1.10. The van der Waals surface area contributed by atoms with Gasteiger partial charge >= 0.3 is 6.09 Å². The van der Waals surface area contributed by atoms with Gasteiger partial charge in [-0.2, -0.15) is 0 Å². The molecule has 0 spiro atoms. The van der Waals surface area contributed by atoms with Crippen LogP contribution in [0.4, 0.5) is 4.79 Å². The number of amides is 1. The summed E-state index contributed by atoms with van der Waals surface area (Å²) in [4.78, 5) is 25.0. The number of alkyl carbamates (subject to hydrolysis) is 1. The standard InChI is InChI=1S/C16H13ClN2O3/c17-14-9-13(10-19-15(14)20)7-4-8-18-16(21)22-11-12-5-2-1-3-6-12/h1-3,5-6,9-10H,8,11H2,(H,18,21)(H,19,20). The van der Waals surface area contributed by atoms with Crippen molar-refractivity contribution >= 4 is 17.7 Å². The molecule has 1 amide bonds. The molecule has 1 aromatic heterocycles. The van der Waals surface area contributed by atoms with E-state index in [9.17, 15) is 9.59 Å². The van der Waals surface area contributed by atoms with E-state index in [1.54, 1.807) is 0 Å². The Bertz CT molecular complexity index is 760. The fourth-order valence-corrected chi connectivity index (χ4v) is 1.74. The van der Waals surface area contributed by atoms with E-state index in [0.717, 1.165) is 5.56 Å². The van der Waals surface area contributed by atoms with Crippen LogP contribution in [-0.4, -0.2) is 17.6 Å². The first-order chi connectivity index (χ1) is 10.6. The van der Waals surface area contributed by atoms with Crippen molar-refractivity contribution in [3.8, 4) is 11.8 Å². The maximum absolute atomic E-state index is 11.5. The van der Waals surface area contributed by atoms with Crippen molar-refractivity contribution in [2.24, 2.45) is 0 Å². The lowest BCUT2D eigenvalue weighted by molar-refractivity contribution is 0.141. The Balaban J connectivity index is 1.76. The molecule has 0 atom stereocenters. The molecule has 2 rings (SSSR count). The Morgan fingerprint density at radius 1 is 1.32 bits per heavy atom. The van der Waals surface area contributed by atoms with Crippen molar-refractivity contribution in [1.82, 2.24) is 10.3 Å². The second-order valence-corrected chi connectivity index (χ2v) is 4.69. The molecule has 0 bridgehead atoms. The van der Waals surface area contributed by atoms with E-state index in [4.69, 9.17) is 16.3 Å². The molecule has 22 heavy (non-hydrogen) atoms. The van der Waals surface area contributed by atoms with E-state index in [-0.39, 0.29) is 23.7 Å². The van der Waals surface area contributed by atoms with Crippen LogP contribution in [0.1, 0.15) is 11.1 Å². The molecule has 0 aliphatic carbocycles. The van der Waals surface area contributed by atoms with E-state index in [1.807, 2.05) is 30.3 Å². The summed E-state index contributed by atoms with van der Waals surface area (Å²) in [6.07, 6.45) is 0.909. The molecule has 5 nitrogen and oxygen atoms in total. The van der Waals surface area contributed by atoms with Gasteiger partial charge in [0.25, 0.3) is 5.56 Å². The van der Waals surface area contributed by atoms with Gasteiger partial charge in [-0.05, 0) is 11.6 Å². The highest BCUT2D eigenvalue weighted by Gasteiger charge is 2.00.